The highest BCUT2D eigenvalue weighted by atomic mass is 16.3. The van der Waals surface area contributed by atoms with Crippen LogP contribution in [0.2, 0.25) is 0 Å². The molecule has 0 radical (unpaired) electrons. The van der Waals surface area contributed by atoms with Crippen LogP contribution >= 0.6 is 0 Å². The lowest BCUT2D eigenvalue weighted by Crippen LogP contribution is -2.30. The van der Waals surface area contributed by atoms with Crippen molar-refractivity contribution >= 4 is 5.91 Å². The largest absolute Gasteiger partial charge is 0.396 e. The van der Waals surface area contributed by atoms with Gasteiger partial charge in [0.15, 0.2) is 6.10 Å². The molecule has 3 N–H and O–H groups in total. The third-order valence-corrected chi connectivity index (χ3v) is 2.67. The Hall–Kier alpha value is -0.650. The molecule has 1 fully saturated rings. The van der Waals surface area contributed by atoms with Crippen LogP contribution in [-0.2, 0) is 4.79 Å². The van der Waals surface area contributed by atoms with Crippen LogP contribution in [0.15, 0.2) is 0 Å². The highest BCUT2D eigenvalue weighted by molar-refractivity contribution is 5.83. The van der Waals surface area contributed by atoms with Gasteiger partial charge in [0.05, 0.1) is 0 Å². The third-order valence-electron chi connectivity index (χ3n) is 2.67. The molecule has 5 nitrogen and oxygen atoms in total. The summed E-state index contributed by atoms with van der Waals surface area (Å²) in [5.74, 6) is -0.371. The van der Waals surface area contributed by atoms with Crippen molar-refractivity contribution in [1.82, 2.24) is 4.90 Å². The van der Waals surface area contributed by atoms with Gasteiger partial charge in [-0.3, -0.25) is 4.79 Å². The Kier molecular flexibility index (Phi) is 5.01. The molecule has 0 bridgehead atoms. The van der Waals surface area contributed by atoms with Crippen molar-refractivity contribution in [3.63, 3.8) is 0 Å². The highest BCUT2D eigenvalue weighted by Gasteiger charge is 2.37. The maximum absolute atomic E-state index is 11.3. The van der Waals surface area contributed by atoms with Gasteiger partial charge in [0, 0.05) is 19.7 Å². The zero-order valence-electron chi connectivity index (χ0n) is 8.80. The molecule has 0 saturated carbocycles. The van der Waals surface area contributed by atoms with E-state index in [0.29, 0.717) is 6.54 Å². The second-order valence-corrected chi connectivity index (χ2v) is 3.93. The molecule has 88 valence electrons. The molecule has 0 aromatic rings. The minimum Gasteiger partial charge on any atom is -0.396 e. The van der Waals surface area contributed by atoms with Crippen molar-refractivity contribution in [3.05, 3.63) is 0 Å². The zero-order valence-corrected chi connectivity index (χ0v) is 8.80. The number of carbonyl (C=O) groups excluding carboxylic acids is 1. The minimum absolute atomic E-state index is 0.208. The predicted octanol–water partition coefficient (Wildman–Crippen LogP) is -0.897. The molecule has 1 heterocycles. The van der Waals surface area contributed by atoms with Gasteiger partial charge in [-0.25, -0.2) is 0 Å². The Balaban J connectivity index is 2.14. The Morgan fingerprint density at radius 1 is 1.20 bits per heavy atom. The summed E-state index contributed by atoms with van der Waals surface area (Å²) in [6.07, 6.45) is 1.38. The maximum Gasteiger partial charge on any atom is 0.254 e. The normalized spacial score (nSPS) is 26.3. The second kappa shape index (κ2) is 6.05. The smallest absolute Gasteiger partial charge is 0.254 e. The van der Waals surface area contributed by atoms with E-state index in [9.17, 15) is 15.0 Å². The van der Waals surface area contributed by atoms with Crippen molar-refractivity contribution < 1.29 is 20.1 Å². The molecule has 0 aromatic heterocycles. The third kappa shape index (κ3) is 3.44. The fourth-order valence-corrected chi connectivity index (χ4v) is 1.74. The van der Waals surface area contributed by atoms with E-state index in [1.165, 1.54) is 4.90 Å². The van der Waals surface area contributed by atoms with Gasteiger partial charge in [-0.2, -0.15) is 0 Å². The van der Waals surface area contributed by atoms with E-state index in [-0.39, 0.29) is 19.1 Å². The predicted molar refractivity (Wildman–Crippen MR) is 54.1 cm³/mol. The van der Waals surface area contributed by atoms with Gasteiger partial charge in [-0.15, -0.1) is 0 Å². The molecule has 1 amide bonds. The standard InChI is InChI=1S/C10H19NO4/c12-6-4-2-1-3-5-11-7-8(13)9(14)10(11)15/h8-9,12-14H,1-7H2/t8-,9-/m1/s1. The number of likely N-dealkylation sites (tertiary alicyclic amines) is 1. The lowest BCUT2D eigenvalue weighted by atomic mass is 10.2. The van der Waals surface area contributed by atoms with E-state index in [1.54, 1.807) is 0 Å². The lowest BCUT2D eigenvalue weighted by Gasteiger charge is -2.14. The highest BCUT2D eigenvalue weighted by Crippen LogP contribution is 2.13. The molecular formula is C10H19NO4. The Morgan fingerprint density at radius 2 is 1.87 bits per heavy atom. The molecule has 15 heavy (non-hydrogen) atoms. The van der Waals surface area contributed by atoms with Crippen LogP contribution < -0.4 is 0 Å². The minimum atomic E-state index is -1.23. The molecule has 0 unspecified atom stereocenters. The van der Waals surface area contributed by atoms with Gasteiger partial charge in [0.25, 0.3) is 5.91 Å². The Morgan fingerprint density at radius 3 is 2.40 bits per heavy atom. The van der Waals surface area contributed by atoms with Crippen molar-refractivity contribution in [3.8, 4) is 0 Å². The number of amides is 1. The first kappa shape index (κ1) is 12.4. The van der Waals surface area contributed by atoms with E-state index in [1.807, 2.05) is 0 Å². The summed E-state index contributed by atoms with van der Waals surface area (Å²) in [5.41, 5.74) is 0. The quantitative estimate of drug-likeness (QED) is 0.504. The summed E-state index contributed by atoms with van der Waals surface area (Å²) in [6, 6.07) is 0. The number of aliphatic hydroxyl groups excluding tert-OH is 3. The van der Waals surface area contributed by atoms with Crippen molar-refractivity contribution in [2.45, 2.75) is 37.9 Å². The van der Waals surface area contributed by atoms with Crippen LogP contribution in [0.4, 0.5) is 0 Å². The SMILES string of the molecule is O=C1[C@H](O)[C@H](O)CN1CCCCCCO. The molecule has 1 aliphatic rings. The van der Waals surface area contributed by atoms with Gasteiger partial charge in [-0.1, -0.05) is 12.8 Å². The topological polar surface area (TPSA) is 81.0 Å². The van der Waals surface area contributed by atoms with Crippen LogP contribution in [0, 0.1) is 0 Å². The van der Waals surface area contributed by atoms with Crippen LogP contribution in [0.25, 0.3) is 0 Å². The fraction of sp³-hybridized carbons (Fsp3) is 0.900. The Bertz CT molecular complexity index is 210. The average molecular weight is 217 g/mol. The van der Waals surface area contributed by atoms with Gasteiger partial charge < -0.3 is 20.2 Å². The molecule has 1 rings (SSSR count). The molecule has 1 saturated heterocycles. The summed E-state index contributed by atoms with van der Waals surface area (Å²) < 4.78 is 0. The molecule has 5 heteroatoms. The molecule has 1 aliphatic heterocycles. The van der Waals surface area contributed by atoms with Gasteiger partial charge in [0.2, 0.25) is 0 Å². The summed E-state index contributed by atoms with van der Waals surface area (Å²) in [5, 5.41) is 27.0. The van der Waals surface area contributed by atoms with Crippen molar-refractivity contribution in [1.29, 1.82) is 0 Å². The van der Waals surface area contributed by atoms with Gasteiger partial charge in [0.1, 0.15) is 6.10 Å². The first-order chi connectivity index (χ1) is 7.16. The van der Waals surface area contributed by atoms with E-state index < -0.39 is 12.2 Å². The summed E-state index contributed by atoms with van der Waals surface area (Å²) in [4.78, 5) is 12.8. The first-order valence-electron chi connectivity index (χ1n) is 5.42. The average Bonchev–Trinajstić information content (AvgIpc) is 2.46. The number of hydrogen-bond acceptors (Lipinski definition) is 4. The van der Waals surface area contributed by atoms with Crippen LogP contribution in [0.5, 0.6) is 0 Å². The molecule has 0 aliphatic carbocycles. The summed E-state index contributed by atoms with van der Waals surface area (Å²) >= 11 is 0. The number of aliphatic hydroxyl groups is 3. The van der Waals surface area contributed by atoms with E-state index in [4.69, 9.17) is 5.11 Å². The number of carbonyl (C=O) groups is 1. The summed E-state index contributed by atoms with van der Waals surface area (Å²) in [6.45, 7) is 1.03. The van der Waals surface area contributed by atoms with Crippen LogP contribution in [0.1, 0.15) is 25.7 Å². The van der Waals surface area contributed by atoms with E-state index >= 15 is 0 Å². The Labute approximate surface area is 89.3 Å². The zero-order chi connectivity index (χ0) is 11.3. The maximum atomic E-state index is 11.3. The van der Waals surface area contributed by atoms with Crippen molar-refractivity contribution in [2.24, 2.45) is 0 Å². The number of rotatable bonds is 6. The van der Waals surface area contributed by atoms with Crippen molar-refractivity contribution in [2.75, 3.05) is 19.7 Å². The molecule has 0 spiro atoms. The lowest BCUT2D eigenvalue weighted by molar-refractivity contribution is -0.135. The van der Waals surface area contributed by atoms with E-state index in [2.05, 4.69) is 0 Å². The van der Waals surface area contributed by atoms with Crippen LogP contribution in [-0.4, -0.2) is 58.0 Å². The number of hydrogen-bond donors (Lipinski definition) is 3. The number of unbranched alkanes of at least 4 members (excludes halogenated alkanes) is 3. The molecular weight excluding hydrogens is 198 g/mol. The fourth-order valence-electron chi connectivity index (χ4n) is 1.74. The number of nitrogens with zero attached hydrogens (tertiary/aromatic N) is 1. The molecule has 0 aromatic carbocycles. The first-order valence-corrected chi connectivity index (χ1v) is 5.42. The van der Waals surface area contributed by atoms with Gasteiger partial charge >= 0.3 is 0 Å². The summed E-state index contributed by atoms with van der Waals surface area (Å²) in [7, 11) is 0. The second-order valence-electron chi connectivity index (χ2n) is 3.93. The monoisotopic (exact) mass is 217 g/mol. The molecule has 2 atom stereocenters. The number of β-amino-alcohol motifs (C(OH)–C–C–N with tert-alkyl or cyclic N) is 1. The van der Waals surface area contributed by atoms with Crippen LogP contribution in [0.3, 0.4) is 0 Å². The van der Waals surface area contributed by atoms with Gasteiger partial charge in [-0.05, 0) is 12.8 Å². The van der Waals surface area contributed by atoms with E-state index in [0.717, 1.165) is 25.7 Å².